The zero-order valence-corrected chi connectivity index (χ0v) is 7.74. The van der Waals surface area contributed by atoms with Crippen molar-refractivity contribution in [3.05, 3.63) is 11.4 Å². The first-order chi connectivity index (χ1) is 6.45. The number of hydrogen-bond acceptors (Lipinski definition) is 3. The number of primary amides is 1. The quantitative estimate of drug-likeness (QED) is 0.794. The molecule has 5 nitrogen and oxygen atoms in total. The molecule has 0 aromatic carbocycles. The summed E-state index contributed by atoms with van der Waals surface area (Å²) in [6, 6.07) is -0.292. The van der Waals surface area contributed by atoms with Gasteiger partial charge in [0.25, 0.3) is 12.3 Å². The zero-order chi connectivity index (χ0) is 10.9. The Bertz CT molecular complexity index is 347. The van der Waals surface area contributed by atoms with E-state index in [1.807, 2.05) is 0 Å². The summed E-state index contributed by atoms with van der Waals surface area (Å²) in [7, 11) is 0. The molecule has 0 aliphatic carbocycles. The fourth-order valence-electron chi connectivity index (χ4n) is 1.06. The van der Waals surface area contributed by atoms with E-state index in [1.165, 1.54) is 0 Å². The number of halogens is 2. The van der Waals surface area contributed by atoms with Crippen molar-refractivity contribution in [1.29, 1.82) is 0 Å². The molecule has 0 fully saturated rings. The third kappa shape index (κ3) is 1.70. The molecule has 0 spiro atoms. The first kappa shape index (κ1) is 10.6. The SMILES string of the molecule is CC(C)n1nnc(C(N)=O)c1C(F)F. The molecule has 1 aromatic heterocycles. The monoisotopic (exact) mass is 204 g/mol. The van der Waals surface area contributed by atoms with Gasteiger partial charge in [-0.2, -0.15) is 0 Å². The second-order valence-corrected chi connectivity index (χ2v) is 3.03. The lowest BCUT2D eigenvalue weighted by Gasteiger charge is -2.08. The fourth-order valence-corrected chi connectivity index (χ4v) is 1.06. The summed E-state index contributed by atoms with van der Waals surface area (Å²) in [4.78, 5) is 10.7. The topological polar surface area (TPSA) is 73.8 Å². The van der Waals surface area contributed by atoms with Gasteiger partial charge < -0.3 is 5.73 Å². The van der Waals surface area contributed by atoms with Gasteiger partial charge in [-0.25, -0.2) is 13.5 Å². The van der Waals surface area contributed by atoms with Gasteiger partial charge in [0.1, 0.15) is 5.69 Å². The van der Waals surface area contributed by atoms with Crippen LogP contribution in [-0.2, 0) is 0 Å². The van der Waals surface area contributed by atoms with Crippen LogP contribution in [-0.4, -0.2) is 20.9 Å². The molecule has 1 heterocycles. The van der Waals surface area contributed by atoms with Gasteiger partial charge >= 0.3 is 0 Å². The first-order valence-electron chi connectivity index (χ1n) is 3.98. The third-order valence-corrected chi connectivity index (χ3v) is 1.66. The van der Waals surface area contributed by atoms with Crippen LogP contribution in [0.1, 0.15) is 42.5 Å². The number of hydrogen-bond donors (Lipinski definition) is 1. The van der Waals surface area contributed by atoms with E-state index in [4.69, 9.17) is 5.73 Å². The fraction of sp³-hybridized carbons (Fsp3) is 0.571. The summed E-state index contributed by atoms with van der Waals surface area (Å²) in [5.41, 5.74) is 3.89. The summed E-state index contributed by atoms with van der Waals surface area (Å²) in [6.45, 7) is 3.32. The molecule has 0 saturated heterocycles. The second-order valence-electron chi connectivity index (χ2n) is 3.03. The molecule has 0 radical (unpaired) electrons. The molecular formula is C7H10F2N4O. The highest BCUT2D eigenvalue weighted by Gasteiger charge is 2.25. The largest absolute Gasteiger partial charge is 0.364 e. The Morgan fingerprint density at radius 1 is 1.50 bits per heavy atom. The summed E-state index contributed by atoms with van der Waals surface area (Å²) < 4.78 is 26.1. The van der Waals surface area contributed by atoms with E-state index in [1.54, 1.807) is 13.8 Å². The van der Waals surface area contributed by atoms with Gasteiger partial charge in [0.05, 0.1) is 0 Å². The van der Waals surface area contributed by atoms with Crippen LogP contribution in [0.25, 0.3) is 0 Å². The number of alkyl halides is 2. The van der Waals surface area contributed by atoms with Crippen LogP contribution in [0.2, 0.25) is 0 Å². The molecule has 2 N–H and O–H groups in total. The Hall–Kier alpha value is -1.53. The van der Waals surface area contributed by atoms with Gasteiger partial charge in [-0.3, -0.25) is 4.79 Å². The first-order valence-corrected chi connectivity index (χ1v) is 3.98. The predicted octanol–water partition coefficient (Wildman–Crippen LogP) is 0.895. The van der Waals surface area contributed by atoms with E-state index < -0.39 is 23.7 Å². The number of nitrogens with zero attached hydrogens (tertiary/aromatic N) is 3. The normalized spacial score (nSPS) is 11.3. The number of amides is 1. The minimum absolute atomic E-state index is 0.292. The molecule has 78 valence electrons. The van der Waals surface area contributed by atoms with Gasteiger partial charge in [0.15, 0.2) is 5.69 Å². The minimum Gasteiger partial charge on any atom is -0.364 e. The van der Waals surface area contributed by atoms with Crippen molar-refractivity contribution in [2.45, 2.75) is 26.3 Å². The van der Waals surface area contributed by atoms with E-state index in [-0.39, 0.29) is 6.04 Å². The van der Waals surface area contributed by atoms with E-state index in [0.717, 1.165) is 4.68 Å². The lowest BCUT2D eigenvalue weighted by molar-refractivity contribution is 0.0976. The second kappa shape index (κ2) is 3.69. The zero-order valence-electron chi connectivity index (χ0n) is 7.74. The average molecular weight is 204 g/mol. The van der Waals surface area contributed by atoms with Crippen LogP contribution in [0, 0.1) is 0 Å². The standard InChI is InChI=1S/C7H10F2N4O/c1-3(2)13-5(6(8)9)4(7(10)14)11-12-13/h3,6H,1-2H3,(H2,10,14). The Labute approximate surface area is 78.9 Å². The summed E-state index contributed by atoms with van der Waals surface area (Å²) in [6.07, 6.45) is -2.81. The van der Waals surface area contributed by atoms with Crippen LogP contribution in [0.3, 0.4) is 0 Å². The Morgan fingerprint density at radius 3 is 2.43 bits per heavy atom. The van der Waals surface area contributed by atoms with Gasteiger partial charge in [0.2, 0.25) is 0 Å². The maximum atomic E-state index is 12.5. The number of nitrogens with two attached hydrogens (primary N) is 1. The van der Waals surface area contributed by atoms with Crippen LogP contribution in [0.5, 0.6) is 0 Å². The van der Waals surface area contributed by atoms with Crippen LogP contribution >= 0.6 is 0 Å². The van der Waals surface area contributed by atoms with Gasteiger partial charge in [-0.05, 0) is 13.8 Å². The van der Waals surface area contributed by atoms with Crippen LogP contribution < -0.4 is 5.73 Å². The van der Waals surface area contributed by atoms with Crippen molar-refractivity contribution >= 4 is 5.91 Å². The van der Waals surface area contributed by atoms with Crippen molar-refractivity contribution in [2.75, 3.05) is 0 Å². The highest BCUT2D eigenvalue weighted by atomic mass is 19.3. The van der Waals surface area contributed by atoms with Gasteiger partial charge in [-0.15, -0.1) is 5.10 Å². The predicted molar refractivity (Wildman–Crippen MR) is 43.9 cm³/mol. The van der Waals surface area contributed by atoms with E-state index in [2.05, 4.69) is 10.3 Å². The highest BCUT2D eigenvalue weighted by molar-refractivity contribution is 5.91. The van der Waals surface area contributed by atoms with Crippen molar-refractivity contribution in [3.63, 3.8) is 0 Å². The lowest BCUT2D eigenvalue weighted by atomic mass is 10.3. The molecule has 0 aliphatic rings. The van der Waals surface area contributed by atoms with E-state index in [9.17, 15) is 13.6 Å². The van der Waals surface area contributed by atoms with Crippen molar-refractivity contribution < 1.29 is 13.6 Å². The minimum atomic E-state index is -2.81. The Balaban J connectivity index is 3.27. The maximum Gasteiger partial charge on any atom is 0.282 e. The molecule has 1 aromatic rings. The summed E-state index contributed by atoms with van der Waals surface area (Å²) in [5.74, 6) is -0.993. The smallest absolute Gasteiger partial charge is 0.282 e. The number of carbonyl (C=O) groups excluding carboxylic acids is 1. The van der Waals surface area contributed by atoms with Crippen molar-refractivity contribution in [1.82, 2.24) is 15.0 Å². The molecule has 0 aliphatic heterocycles. The number of aromatic nitrogens is 3. The molecule has 0 bridgehead atoms. The molecule has 1 rings (SSSR count). The molecular weight excluding hydrogens is 194 g/mol. The molecule has 0 saturated carbocycles. The number of carbonyl (C=O) groups is 1. The molecule has 1 amide bonds. The van der Waals surface area contributed by atoms with Gasteiger partial charge in [-0.1, -0.05) is 5.21 Å². The molecule has 7 heteroatoms. The molecule has 0 unspecified atom stereocenters. The Kier molecular flexibility index (Phi) is 2.78. The van der Waals surface area contributed by atoms with Crippen LogP contribution in [0.15, 0.2) is 0 Å². The third-order valence-electron chi connectivity index (χ3n) is 1.66. The summed E-state index contributed by atoms with van der Waals surface area (Å²) in [5, 5.41) is 6.76. The molecule has 14 heavy (non-hydrogen) atoms. The maximum absolute atomic E-state index is 12.5. The van der Waals surface area contributed by atoms with E-state index in [0.29, 0.717) is 0 Å². The molecule has 0 atom stereocenters. The van der Waals surface area contributed by atoms with Crippen molar-refractivity contribution in [2.24, 2.45) is 5.73 Å². The Morgan fingerprint density at radius 2 is 2.07 bits per heavy atom. The van der Waals surface area contributed by atoms with E-state index >= 15 is 0 Å². The highest BCUT2D eigenvalue weighted by Crippen LogP contribution is 2.23. The average Bonchev–Trinajstić information content (AvgIpc) is 2.46. The number of rotatable bonds is 3. The van der Waals surface area contributed by atoms with Crippen molar-refractivity contribution in [3.8, 4) is 0 Å². The summed E-state index contributed by atoms with van der Waals surface area (Å²) >= 11 is 0. The lowest BCUT2D eigenvalue weighted by Crippen LogP contribution is -2.16. The van der Waals surface area contributed by atoms with Crippen LogP contribution in [0.4, 0.5) is 8.78 Å². The van der Waals surface area contributed by atoms with Gasteiger partial charge in [0, 0.05) is 6.04 Å².